The Balaban J connectivity index is 1.66. The van der Waals surface area contributed by atoms with E-state index in [1.807, 2.05) is 11.1 Å². The van der Waals surface area contributed by atoms with E-state index < -0.39 is 0 Å². The molecule has 3 rings (SSSR count). The topological polar surface area (TPSA) is 71.4 Å². The third kappa shape index (κ3) is 4.24. The van der Waals surface area contributed by atoms with Crippen LogP contribution in [0, 0.1) is 0 Å². The van der Waals surface area contributed by atoms with Crippen LogP contribution < -0.4 is 4.74 Å². The molecule has 26 heavy (non-hydrogen) atoms. The van der Waals surface area contributed by atoms with Gasteiger partial charge in [0.05, 0.1) is 30.5 Å². The van der Waals surface area contributed by atoms with Crippen molar-refractivity contribution in [3.05, 3.63) is 23.3 Å². The molecule has 1 saturated heterocycles. The van der Waals surface area contributed by atoms with Crippen molar-refractivity contribution in [2.24, 2.45) is 4.99 Å². The lowest BCUT2D eigenvalue weighted by Crippen LogP contribution is -2.35. The lowest BCUT2D eigenvalue weighted by atomic mass is 10.1. The summed E-state index contributed by atoms with van der Waals surface area (Å²) in [6, 6.07) is 3.62. The SMILES string of the molecule is COCCCCCCOc1cc2c(cc1CO)C(=O)N1CCC[C@H]1C=N2. The number of hydrogen-bond donors (Lipinski definition) is 1. The number of amides is 1. The summed E-state index contributed by atoms with van der Waals surface area (Å²) >= 11 is 0. The van der Waals surface area contributed by atoms with Gasteiger partial charge in [-0.05, 0) is 38.2 Å². The Morgan fingerprint density at radius 3 is 2.81 bits per heavy atom. The van der Waals surface area contributed by atoms with Crippen LogP contribution in [0.1, 0.15) is 54.4 Å². The number of aliphatic hydroxyl groups excluding tert-OH is 1. The summed E-state index contributed by atoms with van der Waals surface area (Å²) in [5, 5.41) is 9.71. The molecular weight excluding hydrogens is 332 g/mol. The number of aliphatic hydroxyl groups is 1. The first-order chi connectivity index (χ1) is 12.7. The Hall–Kier alpha value is -1.92. The number of unbranched alkanes of at least 4 members (excludes halogenated alkanes) is 3. The molecule has 1 aromatic rings. The number of rotatable bonds is 9. The molecule has 0 aliphatic carbocycles. The van der Waals surface area contributed by atoms with Crippen LogP contribution in [0.3, 0.4) is 0 Å². The zero-order valence-electron chi connectivity index (χ0n) is 15.4. The number of hydrogen-bond acceptors (Lipinski definition) is 5. The van der Waals surface area contributed by atoms with Crippen LogP contribution in [0.2, 0.25) is 0 Å². The van der Waals surface area contributed by atoms with Gasteiger partial charge in [-0.1, -0.05) is 6.42 Å². The molecule has 1 amide bonds. The molecule has 2 aliphatic heterocycles. The minimum atomic E-state index is -0.156. The first kappa shape index (κ1) is 18.9. The average molecular weight is 360 g/mol. The normalized spacial score (nSPS) is 18.6. The molecule has 6 nitrogen and oxygen atoms in total. The van der Waals surface area contributed by atoms with Crippen LogP contribution in [0.25, 0.3) is 0 Å². The highest BCUT2D eigenvalue weighted by Gasteiger charge is 2.32. The van der Waals surface area contributed by atoms with Crippen LogP contribution in [-0.4, -0.2) is 55.0 Å². The van der Waals surface area contributed by atoms with Gasteiger partial charge < -0.3 is 19.5 Å². The predicted octanol–water partition coefficient (Wildman–Crippen LogP) is 3.09. The lowest BCUT2D eigenvalue weighted by Gasteiger charge is -2.20. The van der Waals surface area contributed by atoms with Crippen molar-refractivity contribution in [2.45, 2.75) is 51.2 Å². The molecule has 0 radical (unpaired) electrons. The van der Waals surface area contributed by atoms with Crippen LogP contribution in [0.4, 0.5) is 5.69 Å². The Bertz CT molecular complexity index is 659. The van der Waals surface area contributed by atoms with Crippen molar-refractivity contribution >= 4 is 17.8 Å². The Morgan fingerprint density at radius 2 is 2.04 bits per heavy atom. The maximum atomic E-state index is 12.8. The molecule has 142 valence electrons. The predicted molar refractivity (Wildman–Crippen MR) is 100 cm³/mol. The third-order valence-electron chi connectivity index (χ3n) is 5.03. The van der Waals surface area contributed by atoms with E-state index in [9.17, 15) is 9.90 Å². The van der Waals surface area contributed by atoms with Gasteiger partial charge in [-0.3, -0.25) is 9.79 Å². The highest BCUT2D eigenvalue weighted by Crippen LogP contribution is 2.34. The van der Waals surface area contributed by atoms with E-state index in [4.69, 9.17) is 9.47 Å². The Morgan fingerprint density at radius 1 is 1.23 bits per heavy atom. The molecule has 2 aliphatic rings. The molecular formula is C20H28N2O4. The average Bonchev–Trinajstić information content (AvgIpc) is 3.09. The number of benzene rings is 1. The zero-order chi connectivity index (χ0) is 18.4. The summed E-state index contributed by atoms with van der Waals surface area (Å²) in [5.74, 6) is 0.620. The van der Waals surface area contributed by atoms with Crippen molar-refractivity contribution in [1.82, 2.24) is 4.90 Å². The summed E-state index contributed by atoms with van der Waals surface area (Å²) in [6.45, 7) is 2.00. The molecule has 0 spiro atoms. The third-order valence-corrected chi connectivity index (χ3v) is 5.03. The Labute approximate surface area is 154 Å². The molecule has 0 aromatic heterocycles. The van der Waals surface area contributed by atoms with E-state index in [2.05, 4.69) is 4.99 Å². The van der Waals surface area contributed by atoms with E-state index in [1.54, 1.807) is 19.2 Å². The van der Waals surface area contributed by atoms with Gasteiger partial charge in [0.2, 0.25) is 0 Å². The fourth-order valence-corrected chi connectivity index (χ4v) is 3.55. The standard InChI is InChI=1S/C20H28N2O4/c1-25-9-4-2-3-5-10-26-19-12-18-17(11-15(19)14-23)20(24)22-8-6-7-16(22)13-21-18/h11-13,16,23H,2-10,14H2,1H3/t16-/m0/s1. The second-order valence-corrected chi connectivity index (χ2v) is 6.88. The molecule has 1 aromatic carbocycles. The summed E-state index contributed by atoms with van der Waals surface area (Å²) in [6.07, 6.45) is 8.05. The maximum absolute atomic E-state index is 12.8. The minimum absolute atomic E-state index is 0.000562. The highest BCUT2D eigenvalue weighted by atomic mass is 16.5. The van der Waals surface area contributed by atoms with Gasteiger partial charge in [-0.15, -0.1) is 0 Å². The van der Waals surface area contributed by atoms with Gasteiger partial charge in [-0.2, -0.15) is 0 Å². The van der Waals surface area contributed by atoms with Gasteiger partial charge in [0.15, 0.2) is 0 Å². The van der Waals surface area contributed by atoms with Crippen LogP contribution in [-0.2, 0) is 11.3 Å². The molecule has 0 unspecified atom stereocenters. The van der Waals surface area contributed by atoms with E-state index in [0.717, 1.165) is 51.7 Å². The summed E-state index contributed by atoms with van der Waals surface area (Å²) in [7, 11) is 1.72. The number of carbonyl (C=O) groups is 1. The van der Waals surface area contributed by atoms with Crippen molar-refractivity contribution in [2.75, 3.05) is 26.9 Å². The molecule has 6 heteroatoms. The molecule has 0 bridgehead atoms. The highest BCUT2D eigenvalue weighted by molar-refractivity contribution is 6.03. The largest absolute Gasteiger partial charge is 0.493 e. The second-order valence-electron chi connectivity index (χ2n) is 6.88. The van der Waals surface area contributed by atoms with Gasteiger partial charge in [0, 0.05) is 38.1 Å². The smallest absolute Gasteiger partial charge is 0.256 e. The van der Waals surface area contributed by atoms with Crippen LogP contribution >= 0.6 is 0 Å². The quantitative estimate of drug-likeness (QED) is 0.687. The van der Waals surface area contributed by atoms with E-state index in [1.165, 1.54) is 0 Å². The first-order valence-electron chi connectivity index (χ1n) is 9.49. The lowest BCUT2D eigenvalue weighted by molar-refractivity contribution is 0.0774. The van der Waals surface area contributed by atoms with E-state index >= 15 is 0 Å². The number of aliphatic imine (C=N–C) groups is 1. The summed E-state index contributed by atoms with van der Waals surface area (Å²) in [4.78, 5) is 19.2. The van der Waals surface area contributed by atoms with Gasteiger partial charge in [-0.25, -0.2) is 0 Å². The number of carbonyl (C=O) groups excluding carboxylic acids is 1. The minimum Gasteiger partial charge on any atom is -0.493 e. The van der Waals surface area contributed by atoms with Crippen LogP contribution in [0.15, 0.2) is 17.1 Å². The number of fused-ring (bicyclic) bond motifs is 2. The summed E-state index contributed by atoms with van der Waals surface area (Å²) < 4.78 is 10.9. The molecule has 2 heterocycles. The van der Waals surface area contributed by atoms with Gasteiger partial charge in [0.25, 0.3) is 5.91 Å². The zero-order valence-corrected chi connectivity index (χ0v) is 15.4. The van der Waals surface area contributed by atoms with Crippen molar-refractivity contribution in [1.29, 1.82) is 0 Å². The van der Waals surface area contributed by atoms with E-state index in [-0.39, 0.29) is 18.6 Å². The fraction of sp³-hybridized carbons (Fsp3) is 0.600. The summed E-state index contributed by atoms with van der Waals surface area (Å²) in [5.41, 5.74) is 1.84. The molecule has 0 saturated carbocycles. The van der Waals surface area contributed by atoms with E-state index in [0.29, 0.717) is 29.2 Å². The molecule has 1 N–H and O–H groups in total. The Kier molecular flexibility index (Phi) is 6.63. The van der Waals surface area contributed by atoms with Gasteiger partial charge in [0.1, 0.15) is 5.75 Å². The monoisotopic (exact) mass is 360 g/mol. The second kappa shape index (κ2) is 9.14. The first-order valence-corrected chi connectivity index (χ1v) is 9.49. The van der Waals surface area contributed by atoms with Crippen LogP contribution in [0.5, 0.6) is 5.75 Å². The van der Waals surface area contributed by atoms with Gasteiger partial charge >= 0.3 is 0 Å². The van der Waals surface area contributed by atoms with Crippen molar-refractivity contribution < 1.29 is 19.4 Å². The number of methoxy groups -OCH3 is 1. The van der Waals surface area contributed by atoms with Crippen molar-refractivity contribution in [3.8, 4) is 5.75 Å². The molecule has 1 atom stereocenters. The van der Waals surface area contributed by atoms with Crippen molar-refractivity contribution in [3.63, 3.8) is 0 Å². The molecule has 1 fully saturated rings. The number of nitrogens with zero attached hydrogens (tertiary/aromatic N) is 2. The number of ether oxygens (including phenoxy) is 2. The fourth-order valence-electron chi connectivity index (χ4n) is 3.55. The maximum Gasteiger partial charge on any atom is 0.256 e.